The highest BCUT2D eigenvalue weighted by Crippen LogP contribution is 2.38. The van der Waals surface area contributed by atoms with Crippen LogP contribution in [0.4, 0.5) is 8.78 Å². The fourth-order valence-electron chi connectivity index (χ4n) is 4.96. The molecular formula is C22H23B5ClF2N3O4. The van der Waals surface area contributed by atoms with Crippen molar-refractivity contribution in [2.24, 2.45) is 0 Å². The zero-order valence-corrected chi connectivity index (χ0v) is 22.0. The van der Waals surface area contributed by atoms with Gasteiger partial charge in [-0.25, -0.2) is 0 Å². The Labute approximate surface area is 222 Å². The fourth-order valence-corrected chi connectivity index (χ4v) is 5.08. The summed E-state index contributed by atoms with van der Waals surface area (Å²) in [5.74, 6) is -6.91. The lowest BCUT2D eigenvalue weighted by Crippen LogP contribution is -2.59. The van der Waals surface area contributed by atoms with E-state index in [0.29, 0.717) is 16.7 Å². The van der Waals surface area contributed by atoms with Gasteiger partial charge in [0.1, 0.15) is 29.6 Å². The van der Waals surface area contributed by atoms with Crippen molar-refractivity contribution in [1.29, 1.82) is 0 Å². The van der Waals surface area contributed by atoms with Gasteiger partial charge in [0.05, 0.1) is 0 Å². The molecule has 15 heteroatoms. The zero-order valence-electron chi connectivity index (χ0n) is 21.2. The number of alkyl halides is 2. The molecule has 2 heterocycles. The first-order valence-corrected chi connectivity index (χ1v) is 12.2. The van der Waals surface area contributed by atoms with Crippen molar-refractivity contribution < 1.29 is 28.0 Å². The molecule has 0 bridgehead atoms. The topological polar surface area (TPSA) is 78.0 Å². The minimum atomic E-state index is -3.76. The molecule has 37 heavy (non-hydrogen) atoms. The summed E-state index contributed by atoms with van der Waals surface area (Å²) in [6.07, 6.45) is 0.203. The lowest BCUT2D eigenvalue weighted by molar-refractivity contribution is -0.154. The molecule has 2 atom stereocenters. The molecule has 1 fully saturated rings. The highest BCUT2D eigenvalue weighted by molar-refractivity contribution is 6.54. The molecule has 0 N–H and O–H groups in total. The van der Waals surface area contributed by atoms with E-state index in [0.717, 1.165) is 21.8 Å². The third-order valence-electron chi connectivity index (χ3n) is 7.40. The van der Waals surface area contributed by atoms with Crippen molar-refractivity contribution in [2.75, 3.05) is 0 Å². The quantitative estimate of drug-likeness (QED) is 0.343. The lowest BCUT2D eigenvalue weighted by Gasteiger charge is -2.42. The summed E-state index contributed by atoms with van der Waals surface area (Å²) in [7, 11) is 7.83. The molecule has 2 aromatic rings. The van der Waals surface area contributed by atoms with Gasteiger partial charge in [-0.15, -0.1) is 0 Å². The summed E-state index contributed by atoms with van der Waals surface area (Å²) >= 11 is 5.78. The smallest absolute Gasteiger partial charge is 0.348 e. The number of hydrogen-bond donors (Lipinski definition) is 0. The molecule has 7 nitrogen and oxygen atoms in total. The average molecular weight is 521 g/mol. The van der Waals surface area contributed by atoms with Gasteiger partial charge in [-0.3, -0.25) is 19.2 Å². The average Bonchev–Trinajstić information content (AvgIpc) is 3.19. The molecule has 0 aliphatic carbocycles. The highest BCUT2D eigenvalue weighted by Gasteiger charge is 2.48. The summed E-state index contributed by atoms with van der Waals surface area (Å²) in [5, 5.41) is -0.521. The molecule has 2 unspecified atom stereocenters. The third kappa shape index (κ3) is 4.60. The number of rotatable bonds is 5. The second-order valence-corrected chi connectivity index (χ2v) is 10.8. The number of carbonyl (C=O) groups is 4. The van der Waals surface area contributed by atoms with E-state index in [4.69, 9.17) is 11.6 Å². The molecule has 0 spiro atoms. The van der Waals surface area contributed by atoms with Crippen LogP contribution in [0, 0.1) is 0 Å². The molecule has 4 amide bonds. The van der Waals surface area contributed by atoms with Crippen LogP contribution in [0.2, 0.25) is 10.2 Å². The number of nitrogens with zero attached hydrogens (tertiary/aromatic N) is 3. The van der Waals surface area contributed by atoms with Crippen LogP contribution < -0.4 is 0 Å². The monoisotopic (exact) mass is 521 g/mol. The highest BCUT2D eigenvalue weighted by atomic mass is 35.5. The first-order chi connectivity index (χ1) is 17.2. The lowest BCUT2D eigenvalue weighted by atomic mass is 9.49. The van der Waals surface area contributed by atoms with Gasteiger partial charge < -0.3 is 14.5 Å². The minimum absolute atomic E-state index is 0.141. The fraction of sp³-hybridized carbons (Fsp3) is 0.273. The van der Waals surface area contributed by atoms with Crippen LogP contribution in [0.5, 0.6) is 0 Å². The Morgan fingerprint density at radius 3 is 2.38 bits per heavy atom. The Morgan fingerprint density at radius 1 is 1.14 bits per heavy atom. The molecule has 0 radical (unpaired) electrons. The number of imide groups is 1. The number of benzene rings is 2. The van der Waals surface area contributed by atoms with E-state index in [9.17, 15) is 28.0 Å². The molecule has 0 saturated carbocycles. The van der Waals surface area contributed by atoms with Crippen LogP contribution in [0.3, 0.4) is 0 Å². The summed E-state index contributed by atoms with van der Waals surface area (Å²) in [4.78, 5) is 54.7. The second-order valence-electron chi connectivity index (χ2n) is 10.3. The summed E-state index contributed by atoms with van der Waals surface area (Å²) < 4.78 is 29.9. The van der Waals surface area contributed by atoms with Crippen molar-refractivity contribution in [3.8, 4) is 0 Å². The number of halogens is 3. The Balaban J connectivity index is 1.55. The number of piperidine rings is 1. The van der Waals surface area contributed by atoms with Crippen molar-refractivity contribution in [2.45, 2.75) is 36.1 Å². The second kappa shape index (κ2) is 9.38. The van der Waals surface area contributed by atoms with Gasteiger partial charge in [0.25, 0.3) is 11.8 Å². The maximum absolute atomic E-state index is 14.9. The van der Waals surface area contributed by atoms with Crippen LogP contribution in [0.25, 0.3) is 0 Å². The first kappa shape index (κ1) is 27.0. The van der Waals surface area contributed by atoms with Crippen LogP contribution >= 0.6 is 11.6 Å². The molecule has 2 aliphatic rings. The largest absolute Gasteiger partial charge is 0.389 e. The summed E-state index contributed by atoms with van der Waals surface area (Å²) in [6.45, 7) is 0.141. The normalized spacial score (nSPS) is 20.1. The van der Waals surface area contributed by atoms with Crippen LogP contribution in [0.15, 0.2) is 42.5 Å². The summed E-state index contributed by atoms with van der Waals surface area (Å²) in [6, 6.07) is 8.97. The van der Waals surface area contributed by atoms with Crippen molar-refractivity contribution in [3.63, 3.8) is 0 Å². The number of carbonyl (C=O) groups excluding carboxylic acids is 4. The van der Waals surface area contributed by atoms with Gasteiger partial charge in [0, 0.05) is 28.6 Å². The minimum Gasteiger partial charge on any atom is -0.389 e. The van der Waals surface area contributed by atoms with Gasteiger partial charge in [-0.2, -0.15) is 8.78 Å². The van der Waals surface area contributed by atoms with Gasteiger partial charge in [0.15, 0.2) is 0 Å². The standard InChI is InChI=1S/C22H23B5ClF2N3O4/c23-16(32(26)20(37)22(29,30)12-2-4-13(28)5-3-12)10-1-6-14-11(7-10)9-31(17(14)34)15-8-21(24,25)19(36)33(27)18(15)35/h1-7,15-16H,8-9,23-27H2. The van der Waals surface area contributed by atoms with Gasteiger partial charge in [-0.05, 0) is 41.0 Å². The predicted molar refractivity (Wildman–Crippen MR) is 147 cm³/mol. The molecule has 1 saturated heterocycles. The van der Waals surface area contributed by atoms with E-state index >= 15 is 0 Å². The number of hydrogen-bond acceptors (Lipinski definition) is 4. The number of amides is 4. The molecule has 4 rings (SSSR count). The SMILES string of the molecule is BC(c1ccc2c(c1)CN(C1CC(B)(B)C(=O)N(B)C1=O)C2=O)N(B)C(=O)C(F)(F)c1ccc(Cl)cc1. The van der Waals surface area contributed by atoms with Gasteiger partial charge in [0.2, 0.25) is 27.8 Å². The predicted octanol–water partition coefficient (Wildman–Crippen LogP) is -1.85. The van der Waals surface area contributed by atoms with E-state index in [-0.39, 0.29) is 29.8 Å². The zero-order chi connectivity index (χ0) is 27.4. The Hall–Kier alpha value is -3.01. The van der Waals surface area contributed by atoms with Crippen molar-refractivity contribution in [1.82, 2.24) is 14.5 Å². The van der Waals surface area contributed by atoms with E-state index in [1.54, 1.807) is 41.7 Å². The number of fused-ring (bicyclic) bond motifs is 1. The van der Waals surface area contributed by atoms with E-state index in [2.05, 4.69) is 0 Å². The Kier molecular flexibility index (Phi) is 6.86. The Bertz CT molecular complexity index is 1310. The van der Waals surface area contributed by atoms with Gasteiger partial charge >= 0.3 is 5.92 Å². The van der Waals surface area contributed by atoms with Crippen LogP contribution in [-0.4, -0.2) is 83.7 Å². The molecule has 0 aromatic heterocycles. The first-order valence-electron chi connectivity index (χ1n) is 11.8. The maximum atomic E-state index is 14.9. The molecular weight excluding hydrogens is 498 g/mol. The molecule has 186 valence electrons. The Morgan fingerprint density at radius 2 is 1.76 bits per heavy atom. The van der Waals surface area contributed by atoms with Crippen LogP contribution in [-0.2, 0) is 26.9 Å². The molecule has 2 aliphatic heterocycles. The third-order valence-corrected chi connectivity index (χ3v) is 7.65. The van der Waals surface area contributed by atoms with Gasteiger partial charge in [-0.1, -0.05) is 35.9 Å². The molecule has 2 aromatic carbocycles. The van der Waals surface area contributed by atoms with Crippen LogP contribution in [0.1, 0.15) is 39.4 Å². The summed E-state index contributed by atoms with van der Waals surface area (Å²) in [5.41, 5.74) is 1.14. The maximum Gasteiger partial charge on any atom is 0.348 e. The van der Waals surface area contributed by atoms with Crippen molar-refractivity contribution in [3.05, 3.63) is 69.7 Å². The van der Waals surface area contributed by atoms with Crippen molar-refractivity contribution >= 4 is 74.7 Å². The van der Waals surface area contributed by atoms with E-state index < -0.39 is 40.5 Å². The van der Waals surface area contributed by atoms with E-state index in [1.807, 2.05) is 0 Å². The van der Waals surface area contributed by atoms with E-state index in [1.165, 1.54) is 33.0 Å².